The largest absolute Gasteiger partial charge is 0.476 e. The van der Waals surface area contributed by atoms with Crippen molar-refractivity contribution in [3.05, 3.63) is 45.9 Å². The summed E-state index contributed by atoms with van der Waals surface area (Å²) in [6, 6.07) is 6.75. The molecular formula is C14H15N3O3S. The topological polar surface area (TPSA) is 105 Å². The van der Waals surface area contributed by atoms with Crippen LogP contribution in [0.1, 0.15) is 34.0 Å². The molecule has 0 aliphatic carbocycles. The van der Waals surface area contributed by atoms with Crippen LogP contribution in [0.5, 0.6) is 0 Å². The lowest BCUT2D eigenvalue weighted by atomic mass is 10.1. The highest BCUT2D eigenvalue weighted by atomic mass is 32.1. The Bertz CT molecular complexity index is 652. The van der Waals surface area contributed by atoms with E-state index >= 15 is 0 Å². The predicted octanol–water partition coefficient (Wildman–Crippen LogP) is 1.84. The van der Waals surface area contributed by atoms with E-state index < -0.39 is 5.97 Å². The molecule has 4 N–H and O–H groups in total. The Kier molecular flexibility index (Phi) is 4.54. The van der Waals surface area contributed by atoms with Crippen molar-refractivity contribution < 1.29 is 14.7 Å². The van der Waals surface area contributed by atoms with Crippen molar-refractivity contribution in [2.75, 3.05) is 5.73 Å². The standard InChI is InChI=1S/C14H15N3O3S/c1-8(13-17-11(7-21-13)14(19)20)16-12(18)6-9-2-4-10(15)5-3-9/h2-5,7-8H,6,15H2,1H3,(H,16,18)(H,19,20). The number of carboxylic acid groups (broad SMARTS) is 1. The minimum atomic E-state index is -1.07. The van der Waals surface area contributed by atoms with Gasteiger partial charge < -0.3 is 16.2 Å². The number of nitrogens with one attached hydrogen (secondary N) is 1. The Balaban J connectivity index is 1.95. The van der Waals surface area contributed by atoms with Gasteiger partial charge >= 0.3 is 5.97 Å². The minimum Gasteiger partial charge on any atom is -0.476 e. The molecule has 0 aliphatic heterocycles. The highest BCUT2D eigenvalue weighted by Gasteiger charge is 2.16. The Morgan fingerprint density at radius 3 is 2.62 bits per heavy atom. The molecule has 7 heteroatoms. The molecule has 1 amide bonds. The molecule has 1 unspecified atom stereocenters. The van der Waals surface area contributed by atoms with E-state index in [2.05, 4.69) is 10.3 Å². The number of carboxylic acids is 1. The number of aromatic nitrogens is 1. The molecule has 1 heterocycles. The van der Waals surface area contributed by atoms with Crippen LogP contribution in [-0.4, -0.2) is 22.0 Å². The number of nitrogen functional groups attached to an aromatic ring is 1. The maximum absolute atomic E-state index is 11.9. The van der Waals surface area contributed by atoms with Crippen LogP contribution in [0.25, 0.3) is 0 Å². The lowest BCUT2D eigenvalue weighted by Gasteiger charge is -2.11. The SMILES string of the molecule is CC(NC(=O)Cc1ccc(N)cc1)c1nc(C(=O)O)cs1. The van der Waals surface area contributed by atoms with Gasteiger partial charge in [0, 0.05) is 11.1 Å². The summed E-state index contributed by atoms with van der Waals surface area (Å²) < 4.78 is 0. The summed E-state index contributed by atoms with van der Waals surface area (Å²) in [6.45, 7) is 1.77. The Hall–Kier alpha value is -2.41. The number of thiazole rings is 1. The number of carbonyl (C=O) groups is 2. The molecule has 21 heavy (non-hydrogen) atoms. The van der Waals surface area contributed by atoms with Crippen LogP contribution < -0.4 is 11.1 Å². The van der Waals surface area contributed by atoms with Gasteiger partial charge in [-0.25, -0.2) is 9.78 Å². The first-order chi connectivity index (χ1) is 9.95. The number of carbonyl (C=O) groups excluding carboxylic acids is 1. The van der Waals surface area contributed by atoms with Gasteiger partial charge in [0.15, 0.2) is 5.69 Å². The summed E-state index contributed by atoms with van der Waals surface area (Å²) in [7, 11) is 0. The zero-order chi connectivity index (χ0) is 15.4. The van der Waals surface area contributed by atoms with Crippen molar-refractivity contribution in [1.82, 2.24) is 10.3 Å². The van der Waals surface area contributed by atoms with Gasteiger partial charge in [-0.3, -0.25) is 4.79 Å². The number of nitrogens with zero attached hydrogens (tertiary/aromatic N) is 1. The van der Waals surface area contributed by atoms with Gasteiger partial charge in [-0.15, -0.1) is 11.3 Å². The van der Waals surface area contributed by atoms with Crippen molar-refractivity contribution in [1.29, 1.82) is 0 Å². The molecule has 0 fully saturated rings. The molecule has 0 spiro atoms. The fraction of sp³-hybridized carbons (Fsp3) is 0.214. The molecule has 0 aliphatic rings. The maximum Gasteiger partial charge on any atom is 0.355 e. The molecule has 110 valence electrons. The zero-order valence-electron chi connectivity index (χ0n) is 11.4. The van der Waals surface area contributed by atoms with Gasteiger partial charge in [-0.05, 0) is 24.6 Å². The number of anilines is 1. The monoisotopic (exact) mass is 305 g/mol. The van der Waals surface area contributed by atoms with E-state index in [1.165, 1.54) is 16.7 Å². The third-order valence-corrected chi connectivity index (χ3v) is 3.86. The van der Waals surface area contributed by atoms with E-state index in [4.69, 9.17) is 10.8 Å². The normalized spacial score (nSPS) is 11.9. The molecule has 2 aromatic rings. The molecule has 1 aromatic heterocycles. The van der Waals surface area contributed by atoms with E-state index in [0.29, 0.717) is 10.7 Å². The van der Waals surface area contributed by atoms with E-state index in [1.807, 2.05) is 0 Å². The van der Waals surface area contributed by atoms with Crippen LogP contribution in [0.2, 0.25) is 0 Å². The molecule has 1 atom stereocenters. The Morgan fingerprint density at radius 1 is 1.38 bits per heavy atom. The lowest BCUT2D eigenvalue weighted by Crippen LogP contribution is -2.28. The highest BCUT2D eigenvalue weighted by Crippen LogP contribution is 2.18. The van der Waals surface area contributed by atoms with Gasteiger partial charge in [0.1, 0.15) is 5.01 Å². The van der Waals surface area contributed by atoms with Crippen molar-refractivity contribution >= 4 is 28.9 Å². The van der Waals surface area contributed by atoms with E-state index in [1.54, 1.807) is 31.2 Å². The Morgan fingerprint density at radius 2 is 2.05 bits per heavy atom. The van der Waals surface area contributed by atoms with Crippen molar-refractivity contribution in [3.63, 3.8) is 0 Å². The molecule has 6 nitrogen and oxygen atoms in total. The second kappa shape index (κ2) is 6.36. The van der Waals surface area contributed by atoms with Gasteiger partial charge in [0.2, 0.25) is 5.91 Å². The number of rotatable bonds is 5. The number of nitrogens with two attached hydrogens (primary N) is 1. The fourth-order valence-corrected chi connectivity index (χ4v) is 2.56. The van der Waals surface area contributed by atoms with Gasteiger partial charge in [0.05, 0.1) is 12.5 Å². The summed E-state index contributed by atoms with van der Waals surface area (Å²) >= 11 is 1.21. The maximum atomic E-state index is 11.9. The van der Waals surface area contributed by atoms with Crippen molar-refractivity contribution in [2.24, 2.45) is 0 Å². The smallest absolute Gasteiger partial charge is 0.355 e. The average molecular weight is 305 g/mol. The zero-order valence-corrected chi connectivity index (χ0v) is 12.2. The number of benzene rings is 1. The van der Waals surface area contributed by atoms with E-state index in [0.717, 1.165) is 5.56 Å². The second-order valence-corrected chi connectivity index (χ2v) is 5.47. The number of amides is 1. The van der Waals surface area contributed by atoms with Crippen molar-refractivity contribution in [3.8, 4) is 0 Å². The van der Waals surface area contributed by atoms with Crippen LogP contribution in [0.4, 0.5) is 5.69 Å². The second-order valence-electron chi connectivity index (χ2n) is 4.58. The van der Waals surface area contributed by atoms with Gasteiger partial charge in [-0.1, -0.05) is 12.1 Å². The van der Waals surface area contributed by atoms with Crippen molar-refractivity contribution in [2.45, 2.75) is 19.4 Å². The van der Waals surface area contributed by atoms with Crippen LogP contribution in [0.15, 0.2) is 29.6 Å². The first kappa shape index (κ1) is 15.0. The summed E-state index contributed by atoms with van der Waals surface area (Å²) in [5, 5.41) is 13.6. The molecule has 0 radical (unpaired) electrons. The summed E-state index contributed by atoms with van der Waals surface area (Å²) in [5.41, 5.74) is 7.09. The molecular weight excluding hydrogens is 290 g/mol. The van der Waals surface area contributed by atoms with E-state index in [9.17, 15) is 9.59 Å². The number of aromatic carboxylic acids is 1. The lowest BCUT2D eigenvalue weighted by molar-refractivity contribution is -0.121. The quantitative estimate of drug-likeness (QED) is 0.731. The summed E-state index contributed by atoms with van der Waals surface area (Å²) in [4.78, 5) is 26.7. The molecule has 0 bridgehead atoms. The Labute approximate surface area is 125 Å². The summed E-state index contributed by atoms with van der Waals surface area (Å²) in [6.07, 6.45) is 0.238. The van der Waals surface area contributed by atoms with Crippen LogP contribution >= 0.6 is 11.3 Å². The molecule has 0 saturated heterocycles. The predicted molar refractivity (Wildman–Crippen MR) is 80.2 cm³/mol. The third-order valence-electron chi connectivity index (χ3n) is 2.83. The number of hydrogen-bond donors (Lipinski definition) is 3. The van der Waals surface area contributed by atoms with Gasteiger partial charge in [0.25, 0.3) is 0 Å². The minimum absolute atomic E-state index is 0.00497. The van der Waals surface area contributed by atoms with Crippen LogP contribution in [-0.2, 0) is 11.2 Å². The van der Waals surface area contributed by atoms with Crippen LogP contribution in [0, 0.1) is 0 Å². The third kappa shape index (κ3) is 4.03. The van der Waals surface area contributed by atoms with Crippen LogP contribution in [0.3, 0.4) is 0 Å². The highest BCUT2D eigenvalue weighted by molar-refractivity contribution is 7.09. The summed E-state index contributed by atoms with van der Waals surface area (Å²) in [5.74, 6) is -1.22. The molecule has 1 aromatic carbocycles. The average Bonchev–Trinajstić information content (AvgIpc) is 2.91. The number of hydrogen-bond acceptors (Lipinski definition) is 5. The molecule has 2 rings (SSSR count). The molecule has 0 saturated carbocycles. The fourth-order valence-electron chi connectivity index (χ4n) is 1.76. The first-order valence-electron chi connectivity index (χ1n) is 6.28. The first-order valence-corrected chi connectivity index (χ1v) is 7.16. The van der Waals surface area contributed by atoms with Gasteiger partial charge in [-0.2, -0.15) is 0 Å². The van der Waals surface area contributed by atoms with E-state index in [-0.39, 0.29) is 24.1 Å².